The van der Waals surface area contributed by atoms with Crippen molar-refractivity contribution in [1.29, 1.82) is 0 Å². The first kappa shape index (κ1) is 19.4. The van der Waals surface area contributed by atoms with E-state index in [0.29, 0.717) is 6.04 Å². The average molecular weight is 425 g/mol. The molecular formula is C27H25FN4. The van der Waals surface area contributed by atoms with Crippen molar-refractivity contribution in [2.45, 2.75) is 31.8 Å². The quantitative estimate of drug-likeness (QED) is 0.446. The third kappa shape index (κ3) is 3.43. The standard InChI is InChI=1S/C27H25FN4/c28-23-7-5-20(6-8-23)26-27(21-11-14-29-15-12-21)32-24(9-10-25(32)30-26)18-31-16-13-19-3-1-2-4-22(19)17-31/h1-8,11-12,14-15,24H,9-10,13,16-18H2. The van der Waals surface area contributed by atoms with E-state index in [4.69, 9.17) is 4.98 Å². The topological polar surface area (TPSA) is 34.0 Å². The molecule has 4 heterocycles. The van der Waals surface area contributed by atoms with E-state index in [9.17, 15) is 4.39 Å². The fraction of sp³-hybridized carbons (Fsp3) is 0.259. The number of imidazole rings is 1. The van der Waals surface area contributed by atoms with Gasteiger partial charge >= 0.3 is 0 Å². The van der Waals surface area contributed by atoms with Crippen LogP contribution in [0.15, 0.2) is 73.1 Å². The first-order chi connectivity index (χ1) is 15.8. The van der Waals surface area contributed by atoms with Crippen LogP contribution in [0.4, 0.5) is 4.39 Å². The van der Waals surface area contributed by atoms with Gasteiger partial charge in [0.25, 0.3) is 0 Å². The van der Waals surface area contributed by atoms with Crippen LogP contribution in [0.5, 0.6) is 0 Å². The Bertz CT molecular complexity index is 1250. The van der Waals surface area contributed by atoms with E-state index >= 15 is 0 Å². The molecule has 1 unspecified atom stereocenters. The molecule has 5 heteroatoms. The summed E-state index contributed by atoms with van der Waals surface area (Å²) in [4.78, 5) is 11.8. The molecule has 0 fully saturated rings. The Balaban J connectivity index is 1.38. The lowest BCUT2D eigenvalue weighted by Crippen LogP contribution is -2.34. The number of aromatic nitrogens is 3. The number of pyridine rings is 1. The normalized spacial score (nSPS) is 17.8. The molecule has 0 saturated carbocycles. The smallest absolute Gasteiger partial charge is 0.123 e. The average Bonchev–Trinajstić information content (AvgIpc) is 3.40. The molecule has 0 N–H and O–H groups in total. The van der Waals surface area contributed by atoms with Crippen molar-refractivity contribution < 1.29 is 4.39 Å². The van der Waals surface area contributed by atoms with Crippen LogP contribution >= 0.6 is 0 Å². The molecule has 32 heavy (non-hydrogen) atoms. The van der Waals surface area contributed by atoms with Crippen molar-refractivity contribution in [2.24, 2.45) is 0 Å². The molecule has 0 spiro atoms. The van der Waals surface area contributed by atoms with Crippen LogP contribution in [0.25, 0.3) is 22.5 Å². The molecule has 0 saturated heterocycles. The summed E-state index contributed by atoms with van der Waals surface area (Å²) in [5.74, 6) is 0.896. The number of hydrogen-bond donors (Lipinski definition) is 0. The van der Waals surface area contributed by atoms with Gasteiger partial charge in [0.05, 0.1) is 11.4 Å². The summed E-state index contributed by atoms with van der Waals surface area (Å²) < 4.78 is 16.0. The largest absolute Gasteiger partial charge is 0.323 e. The molecule has 0 amide bonds. The van der Waals surface area contributed by atoms with Gasteiger partial charge in [0.15, 0.2) is 0 Å². The summed E-state index contributed by atoms with van der Waals surface area (Å²) in [7, 11) is 0. The van der Waals surface area contributed by atoms with E-state index in [-0.39, 0.29) is 5.82 Å². The van der Waals surface area contributed by atoms with Crippen molar-refractivity contribution in [3.05, 3.63) is 95.8 Å². The molecule has 4 aromatic rings. The molecule has 2 aliphatic heterocycles. The maximum absolute atomic E-state index is 13.6. The van der Waals surface area contributed by atoms with Crippen molar-refractivity contribution in [3.8, 4) is 22.5 Å². The number of benzene rings is 2. The number of rotatable bonds is 4. The summed E-state index contributed by atoms with van der Waals surface area (Å²) in [5, 5.41) is 0. The Morgan fingerprint density at radius 2 is 1.66 bits per heavy atom. The number of fused-ring (bicyclic) bond motifs is 2. The zero-order valence-corrected chi connectivity index (χ0v) is 17.9. The van der Waals surface area contributed by atoms with Gasteiger partial charge in [-0.25, -0.2) is 9.37 Å². The predicted octanol–water partition coefficient (Wildman–Crippen LogP) is 5.30. The second kappa shape index (κ2) is 7.99. The van der Waals surface area contributed by atoms with E-state index in [1.165, 1.54) is 23.3 Å². The number of hydrogen-bond acceptors (Lipinski definition) is 3. The maximum atomic E-state index is 13.6. The zero-order chi connectivity index (χ0) is 21.5. The monoisotopic (exact) mass is 424 g/mol. The second-order valence-electron chi connectivity index (χ2n) is 8.78. The summed E-state index contributed by atoms with van der Waals surface area (Å²) in [6.45, 7) is 3.11. The Morgan fingerprint density at radius 3 is 2.47 bits per heavy atom. The fourth-order valence-corrected chi connectivity index (χ4v) is 5.25. The molecule has 2 aromatic carbocycles. The molecular weight excluding hydrogens is 399 g/mol. The number of nitrogens with zero attached hydrogens (tertiary/aromatic N) is 4. The van der Waals surface area contributed by atoms with Crippen LogP contribution in [-0.2, 0) is 19.4 Å². The van der Waals surface area contributed by atoms with Crippen molar-refractivity contribution >= 4 is 0 Å². The first-order valence-electron chi connectivity index (χ1n) is 11.3. The van der Waals surface area contributed by atoms with Crippen LogP contribution in [0.2, 0.25) is 0 Å². The van der Waals surface area contributed by atoms with Gasteiger partial charge in [-0.1, -0.05) is 24.3 Å². The van der Waals surface area contributed by atoms with Crippen molar-refractivity contribution in [2.75, 3.05) is 13.1 Å². The minimum Gasteiger partial charge on any atom is -0.323 e. The molecule has 0 aliphatic carbocycles. The Hall–Kier alpha value is -3.31. The van der Waals surface area contributed by atoms with Gasteiger partial charge in [0.2, 0.25) is 0 Å². The van der Waals surface area contributed by atoms with Crippen molar-refractivity contribution in [1.82, 2.24) is 19.4 Å². The third-order valence-corrected chi connectivity index (χ3v) is 6.80. The van der Waals surface area contributed by atoms with Crippen LogP contribution in [0.1, 0.15) is 29.4 Å². The van der Waals surface area contributed by atoms with Gasteiger partial charge in [-0.3, -0.25) is 9.88 Å². The van der Waals surface area contributed by atoms with Gasteiger partial charge < -0.3 is 4.57 Å². The Kier molecular flexibility index (Phi) is 4.84. The molecule has 2 aromatic heterocycles. The van der Waals surface area contributed by atoms with E-state index in [1.807, 2.05) is 36.7 Å². The lowest BCUT2D eigenvalue weighted by Gasteiger charge is -2.31. The molecule has 4 nitrogen and oxygen atoms in total. The minimum atomic E-state index is -0.228. The highest BCUT2D eigenvalue weighted by Crippen LogP contribution is 2.40. The summed E-state index contributed by atoms with van der Waals surface area (Å²) in [5.41, 5.74) is 7.03. The van der Waals surface area contributed by atoms with Gasteiger partial charge in [-0.15, -0.1) is 0 Å². The number of halogens is 1. The molecule has 2 aliphatic rings. The lowest BCUT2D eigenvalue weighted by atomic mass is 9.99. The van der Waals surface area contributed by atoms with Gasteiger partial charge in [-0.2, -0.15) is 0 Å². The lowest BCUT2D eigenvalue weighted by molar-refractivity contribution is 0.218. The number of aryl methyl sites for hydroxylation is 1. The second-order valence-corrected chi connectivity index (χ2v) is 8.78. The van der Waals surface area contributed by atoms with E-state index in [0.717, 1.165) is 67.2 Å². The zero-order valence-electron chi connectivity index (χ0n) is 17.9. The van der Waals surface area contributed by atoms with Crippen LogP contribution in [0.3, 0.4) is 0 Å². The highest BCUT2D eigenvalue weighted by atomic mass is 19.1. The van der Waals surface area contributed by atoms with Crippen LogP contribution in [0, 0.1) is 5.82 Å². The Labute approximate surface area is 187 Å². The van der Waals surface area contributed by atoms with Gasteiger partial charge in [0, 0.05) is 55.6 Å². The minimum absolute atomic E-state index is 0.228. The van der Waals surface area contributed by atoms with E-state index in [2.05, 4.69) is 38.7 Å². The summed E-state index contributed by atoms with van der Waals surface area (Å²) in [6.07, 6.45) is 6.83. The molecule has 0 bridgehead atoms. The highest BCUT2D eigenvalue weighted by molar-refractivity contribution is 5.79. The molecule has 6 rings (SSSR count). The fourth-order valence-electron chi connectivity index (χ4n) is 5.25. The van der Waals surface area contributed by atoms with Gasteiger partial charge in [-0.05, 0) is 60.4 Å². The third-order valence-electron chi connectivity index (χ3n) is 6.80. The molecule has 1 atom stereocenters. The summed E-state index contributed by atoms with van der Waals surface area (Å²) in [6, 6.07) is 19.9. The van der Waals surface area contributed by atoms with Crippen LogP contribution in [-0.4, -0.2) is 32.5 Å². The van der Waals surface area contributed by atoms with Crippen molar-refractivity contribution in [3.63, 3.8) is 0 Å². The summed E-state index contributed by atoms with van der Waals surface area (Å²) >= 11 is 0. The molecule has 160 valence electrons. The van der Waals surface area contributed by atoms with E-state index < -0.39 is 0 Å². The highest BCUT2D eigenvalue weighted by Gasteiger charge is 2.31. The SMILES string of the molecule is Fc1ccc(-c2nc3n(c2-c2ccncc2)C(CN2CCc4ccccc4C2)CC3)cc1. The van der Waals surface area contributed by atoms with E-state index in [1.54, 1.807) is 0 Å². The van der Waals surface area contributed by atoms with Gasteiger partial charge in [0.1, 0.15) is 11.6 Å². The molecule has 0 radical (unpaired) electrons. The Morgan fingerprint density at radius 1 is 0.875 bits per heavy atom. The predicted molar refractivity (Wildman–Crippen MR) is 124 cm³/mol. The maximum Gasteiger partial charge on any atom is 0.123 e. The van der Waals surface area contributed by atoms with Crippen LogP contribution < -0.4 is 0 Å². The first-order valence-corrected chi connectivity index (χ1v) is 11.3.